The number of phenolic OH excluding ortho intramolecular Hbond substituents is 2. The van der Waals surface area contributed by atoms with Crippen LogP contribution in [0.15, 0.2) is 48.6 Å². The molecule has 0 bridgehead atoms. The van der Waals surface area contributed by atoms with Crippen molar-refractivity contribution < 1.29 is 54.1 Å². The van der Waals surface area contributed by atoms with Gasteiger partial charge < -0.3 is 44.5 Å². The van der Waals surface area contributed by atoms with Crippen molar-refractivity contribution in [2.24, 2.45) is 0 Å². The highest BCUT2D eigenvalue weighted by Gasteiger charge is 2.43. The minimum absolute atomic E-state index is 0.0115. The molecule has 1 heterocycles. The Labute approximate surface area is 234 Å². The Bertz CT molecular complexity index is 1550. The highest BCUT2D eigenvalue weighted by molar-refractivity contribution is 5.88. The van der Waals surface area contributed by atoms with Gasteiger partial charge in [0.1, 0.15) is 12.0 Å². The largest absolute Gasteiger partial charge is 0.504 e. The smallest absolute Gasteiger partial charge is 0.328 e. The molecule has 0 aromatic heterocycles. The average molecular weight is 565 g/mol. The molecule has 0 radical (unpaired) electrons. The van der Waals surface area contributed by atoms with Gasteiger partial charge in [0, 0.05) is 22.8 Å². The van der Waals surface area contributed by atoms with E-state index >= 15 is 0 Å². The Morgan fingerprint density at radius 3 is 2.00 bits per heavy atom. The number of carbonyl (C=O) groups is 2. The van der Waals surface area contributed by atoms with E-state index in [1.807, 2.05) is 0 Å². The number of aliphatic hydroxyl groups is 1. The Morgan fingerprint density at radius 1 is 0.829 bits per heavy atom. The van der Waals surface area contributed by atoms with Crippen LogP contribution < -0.4 is 18.9 Å². The van der Waals surface area contributed by atoms with Crippen LogP contribution in [-0.2, 0) is 9.59 Å². The quantitative estimate of drug-likeness (QED) is 0.224. The van der Waals surface area contributed by atoms with Crippen molar-refractivity contribution in [2.75, 3.05) is 27.9 Å². The summed E-state index contributed by atoms with van der Waals surface area (Å²) >= 11 is 0. The lowest BCUT2D eigenvalue weighted by Gasteiger charge is -2.20. The minimum atomic E-state index is -1.20. The molecule has 1 aliphatic rings. The van der Waals surface area contributed by atoms with Crippen LogP contribution in [0.2, 0.25) is 0 Å². The third kappa shape index (κ3) is 5.61. The molecule has 1 aliphatic heterocycles. The van der Waals surface area contributed by atoms with E-state index in [0.29, 0.717) is 28.0 Å². The molecule has 0 fully saturated rings. The van der Waals surface area contributed by atoms with Crippen molar-refractivity contribution in [3.05, 3.63) is 70.8 Å². The van der Waals surface area contributed by atoms with Crippen molar-refractivity contribution in [1.29, 1.82) is 0 Å². The van der Waals surface area contributed by atoms with E-state index in [1.165, 1.54) is 57.7 Å². The molecule has 0 aliphatic carbocycles. The van der Waals surface area contributed by atoms with Crippen LogP contribution >= 0.6 is 0 Å². The average Bonchev–Trinajstić information content (AvgIpc) is 3.35. The number of aliphatic carboxylic acids is 2. The second kappa shape index (κ2) is 11.9. The van der Waals surface area contributed by atoms with Gasteiger partial charge in [-0.15, -0.1) is 0 Å². The molecule has 3 aromatic rings. The lowest BCUT2D eigenvalue weighted by atomic mass is 9.88. The molecule has 11 nitrogen and oxygen atoms in total. The van der Waals surface area contributed by atoms with Gasteiger partial charge in [-0.25, -0.2) is 4.79 Å². The second-order valence-electron chi connectivity index (χ2n) is 8.99. The molecule has 0 saturated heterocycles. The zero-order valence-corrected chi connectivity index (χ0v) is 22.3. The summed E-state index contributed by atoms with van der Waals surface area (Å²) in [6, 6.07) is 9.04. The number of aromatic hydroxyl groups is 2. The first-order valence-electron chi connectivity index (χ1n) is 12.3. The molecule has 0 amide bonds. The molecule has 0 saturated carbocycles. The molecule has 0 spiro atoms. The monoisotopic (exact) mass is 564 g/mol. The molecule has 3 aromatic carbocycles. The molecular formula is C30H28O11. The number of methoxy groups -OCH3 is 3. The van der Waals surface area contributed by atoms with Gasteiger partial charge in [-0.1, -0.05) is 12.2 Å². The molecule has 0 unspecified atom stereocenters. The van der Waals surface area contributed by atoms with Crippen molar-refractivity contribution in [1.82, 2.24) is 0 Å². The molecule has 41 heavy (non-hydrogen) atoms. The van der Waals surface area contributed by atoms with E-state index in [-0.39, 0.29) is 46.5 Å². The number of fused-ring (bicyclic) bond motifs is 1. The third-order valence-corrected chi connectivity index (χ3v) is 6.56. The first-order chi connectivity index (χ1) is 19.6. The van der Waals surface area contributed by atoms with Crippen molar-refractivity contribution in [2.45, 2.75) is 12.0 Å². The van der Waals surface area contributed by atoms with Gasteiger partial charge in [0.2, 0.25) is 0 Å². The molecule has 5 N–H and O–H groups in total. The van der Waals surface area contributed by atoms with Crippen LogP contribution in [0.1, 0.15) is 34.3 Å². The van der Waals surface area contributed by atoms with E-state index in [1.54, 1.807) is 18.2 Å². The Hall–Kier alpha value is -5.16. The minimum Gasteiger partial charge on any atom is -0.504 e. The second-order valence-corrected chi connectivity index (χ2v) is 8.99. The summed E-state index contributed by atoms with van der Waals surface area (Å²) in [6.45, 7) is -0.206. The fourth-order valence-electron chi connectivity index (χ4n) is 4.73. The summed E-state index contributed by atoms with van der Waals surface area (Å²) < 4.78 is 22.3. The molecule has 4 rings (SSSR count). The lowest BCUT2D eigenvalue weighted by Crippen LogP contribution is -2.18. The SMILES string of the molecule is COc1cc(/C=C/C(=O)O)cc(-c2cc([C@@H]3Oc4c(OC)cc(/C=C/CO)cc4[C@H]3C(=O)O)cc(OC)c2O)c1O. The highest BCUT2D eigenvalue weighted by atomic mass is 16.5. The summed E-state index contributed by atoms with van der Waals surface area (Å²) in [5.41, 5.74) is 1.72. The van der Waals surface area contributed by atoms with E-state index in [2.05, 4.69) is 0 Å². The van der Waals surface area contributed by atoms with Crippen LogP contribution in [0.4, 0.5) is 0 Å². The van der Waals surface area contributed by atoms with E-state index in [9.17, 15) is 24.9 Å². The summed E-state index contributed by atoms with van der Waals surface area (Å²) in [5.74, 6) is -3.76. The molecule has 214 valence electrons. The van der Waals surface area contributed by atoms with Crippen LogP contribution in [0, 0.1) is 0 Å². The zero-order valence-electron chi connectivity index (χ0n) is 22.3. The van der Waals surface area contributed by atoms with Crippen LogP contribution in [-0.4, -0.2) is 65.4 Å². The van der Waals surface area contributed by atoms with Crippen molar-refractivity contribution in [3.63, 3.8) is 0 Å². The van der Waals surface area contributed by atoms with Crippen molar-refractivity contribution >= 4 is 24.1 Å². The molecule has 2 atom stereocenters. The number of hydrogen-bond donors (Lipinski definition) is 5. The number of carboxylic acids is 2. The first kappa shape index (κ1) is 28.8. The summed E-state index contributed by atoms with van der Waals surface area (Å²) in [6.07, 6.45) is 4.23. The summed E-state index contributed by atoms with van der Waals surface area (Å²) in [7, 11) is 4.06. The molecule has 11 heteroatoms. The van der Waals surface area contributed by atoms with Crippen LogP contribution in [0.3, 0.4) is 0 Å². The van der Waals surface area contributed by atoms with E-state index in [0.717, 1.165) is 6.08 Å². The fourth-order valence-corrected chi connectivity index (χ4v) is 4.73. The Kier molecular flexibility index (Phi) is 8.39. The number of rotatable bonds is 10. The Balaban J connectivity index is 1.92. The predicted octanol–water partition coefficient (Wildman–Crippen LogP) is 4.20. The lowest BCUT2D eigenvalue weighted by molar-refractivity contribution is -0.140. The predicted molar refractivity (Wildman–Crippen MR) is 148 cm³/mol. The zero-order chi connectivity index (χ0) is 29.8. The Morgan fingerprint density at radius 2 is 1.41 bits per heavy atom. The third-order valence-electron chi connectivity index (χ3n) is 6.56. The van der Waals surface area contributed by atoms with Gasteiger partial charge in [-0.05, 0) is 59.2 Å². The fraction of sp³-hybridized carbons (Fsp3) is 0.200. The van der Waals surface area contributed by atoms with E-state index < -0.39 is 24.0 Å². The normalized spacial score (nSPS) is 16.0. The van der Waals surface area contributed by atoms with Gasteiger partial charge in [0.25, 0.3) is 0 Å². The van der Waals surface area contributed by atoms with Crippen LogP contribution in [0.5, 0.6) is 34.5 Å². The summed E-state index contributed by atoms with van der Waals surface area (Å²) in [5, 5.41) is 50.5. The highest BCUT2D eigenvalue weighted by Crippen LogP contribution is 2.53. The standard InChI is InChI=1S/C30H28O11/c1-38-21-11-16(6-7-24(32)33)9-18(26(21)34)19-13-17(14-22(39-2)27(19)35)28-25(30(36)37)20-10-15(5-4-8-31)12-23(40-3)29(20)41-28/h4-7,9-14,25,28,31,34-35H,8H2,1-3H3,(H,32,33)(H,36,37)/b5-4+,7-6+/t25-,28+/m1/s1. The maximum absolute atomic E-state index is 12.6. The number of aliphatic hydroxyl groups excluding tert-OH is 1. The number of phenols is 2. The van der Waals surface area contributed by atoms with Gasteiger partial charge in [-0.3, -0.25) is 4.79 Å². The topological polar surface area (TPSA) is 172 Å². The van der Waals surface area contributed by atoms with Crippen LogP contribution in [0.25, 0.3) is 23.3 Å². The maximum Gasteiger partial charge on any atom is 0.328 e. The van der Waals surface area contributed by atoms with Gasteiger partial charge >= 0.3 is 11.9 Å². The number of hydrogen-bond acceptors (Lipinski definition) is 9. The maximum atomic E-state index is 12.6. The van der Waals surface area contributed by atoms with E-state index in [4.69, 9.17) is 29.2 Å². The number of carboxylic acid groups (broad SMARTS) is 2. The van der Waals surface area contributed by atoms with Gasteiger partial charge in [0.15, 0.2) is 34.5 Å². The first-order valence-corrected chi connectivity index (χ1v) is 12.3. The number of ether oxygens (including phenoxy) is 4. The van der Waals surface area contributed by atoms with Gasteiger partial charge in [0.05, 0.1) is 27.9 Å². The number of benzene rings is 3. The molecular weight excluding hydrogens is 536 g/mol. The van der Waals surface area contributed by atoms with Gasteiger partial charge in [-0.2, -0.15) is 0 Å². The van der Waals surface area contributed by atoms with Crippen molar-refractivity contribution in [3.8, 4) is 45.6 Å². The summed E-state index contributed by atoms with van der Waals surface area (Å²) in [4.78, 5) is 23.7.